The molecule has 24 heavy (non-hydrogen) atoms. The maximum absolute atomic E-state index is 14.1. The monoisotopic (exact) mass is 362 g/mol. The summed E-state index contributed by atoms with van der Waals surface area (Å²) in [4.78, 5) is 0. The lowest BCUT2D eigenvalue weighted by Crippen LogP contribution is -2.48. The molecule has 0 aromatic heterocycles. The van der Waals surface area contributed by atoms with Crippen LogP contribution in [-0.4, -0.2) is 17.8 Å². The van der Waals surface area contributed by atoms with E-state index in [4.69, 9.17) is 11.6 Å². The van der Waals surface area contributed by atoms with Crippen molar-refractivity contribution in [2.24, 2.45) is 0 Å². The molecule has 0 unspecified atom stereocenters. The summed E-state index contributed by atoms with van der Waals surface area (Å²) in [6.07, 6.45) is 0. The van der Waals surface area contributed by atoms with E-state index in [1.54, 1.807) is 30.3 Å². The van der Waals surface area contributed by atoms with Gasteiger partial charge < -0.3 is 0 Å². The topological polar surface area (TPSA) is 0 Å². The van der Waals surface area contributed by atoms with Crippen molar-refractivity contribution in [2.75, 3.05) is 0 Å². The lowest BCUT2D eigenvalue weighted by Gasteiger charge is -2.25. The van der Waals surface area contributed by atoms with Crippen LogP contribution in [0.15, 0.2) is 59.6 Å². The Kier molecular flexibility index (Phi) is 3.71. The van der Waals surface area contributed by atoms with Crippen LogP contribution in [0.4, 0.5) is 26.3 Å². The Bertz CT molecular complexity index is 811. The molecule has 0 nitrogen and oxygen atoms in total. The van der Waals surface area contributed by atoms with Crippen molar-refractivity contribution in [3.63, 3.8) is 0 Å². The zero-order valence-corrected chi connectivity index (χ0v) is 12.6. The first-order valence-electron chi connectivity index (χ1n) is 6.81. The molecule has 3 rings (SSSR count). The molecule has 0 radical (unpaired) electrons. The zero-order valence-electron chi connectivity index (χ0n) is 11.8. The first kappa shape index (κ1) is 16.9. The van der Waals surface area contributed by atoms with Gasteiger partial charge in [0.1, 0.15) is 5.03 Å². The predicted octanol–water partition coefficient (Wildman–Crippen LogP) is 6.22. The normalized spacial score (nSPS) is 21.1. The molecular weight excluding hydrogens is 354 g/mol. The number of halogens is 7. The van der Waals surface area contributed by atoms with Gasteiger partial charge in [-0.15, -0.1) is 0 Å². The first-order chi connectivity index (χ1) is 11.1. The summed E-state index contributed by atoms with van der Waals surface area (Å²) < 4.78 is 82.8. The van der Waals surface area contributed by atoms with E-state index in [1.165, 1.54) is 18.2 Å². The van der Waals surface area contributed by atoms with Gasteiger partial charge in [-0.3, -0.25) is 0 Å². The van der Waals surface area contributed by atoms with Crippen molar-refractivity contribution < 1.29 is 26.3 Å². The molecule has 0 atom stereocenters. The fourth-order valence-corrected chi connectivity index (χ4v) is 2.98. The third kappa shape index (κ3) is 2.09. The van der Waals surface area contributed by atoms with Gasteiger partial charge in [0.05, 0.1) is 5.57 Å². The molecule has 0 heterocycles. The highest BCUT2D eigenvalue weighted by Crippen LogP contribution is 2.63. The SMILES string of the molecule is FC1(F)C(Cl)=C(c2ccccc2-c2ccccc2)C(F)(F)C1(F)F. The van der Waals surface area contributed by atoms with Crippen LogP contribution in [0.5, 0.6) is 0 Å². The lowest BCUT2D eigenvalue weighted by atomic mass is 9.92. The summed E-state index contributed by atoms with van der Waals surface area (Å²) in [7, 11) is 0. The fraction of sp³-hybridized carbons (Fsp3) is 0.176. The number of hydrogen-bond donors (Lipinski definition) is 0. The van der Waals surface area contributed by atoms with Crippen molar-refractivity contribution in [1.82, 2.24) is 0 Å². The van der Waals surface area contributed by atoms with Gasteiger partial charge in [0.25, 0.3) is 0 Å². The largest absolute Gasteiger partial charge is 0.381 e. The Hall–Kier alpha value is -1.95. The minimum atomic E-state index is -5.60. The van der Waals surface area contributed by atoms with Crippen LogP contribution in [0.2, 0.25) is 0 Å². The molecule has 0 amide bonds. The number of allylic oxidation sites excluding steroid dienone is 2. The van der Waals surface area contributed by atoms with Crippen LogP contribution in [-0.2, 0) is 0 Å². The van der Waals surface area contributed by atoms with E-state index < -0.39 is 33.9 Å². The van der Waals surface area contributed by atoms with Crippen LogP contribution < -0.4 is 0 Å². The molecule has 0 spiro atoms. The molecule has 0 bridgehead atoms. The van der Waals surface area contributed by atoms with Gasteiger partial charge in [0.2, 0.25) is 0 Å². The van der Waals surface area contributed by atoms with Gasteiger partial charge >= 0.3 is 17.8 Å². The van der Waals surface area contributed by atoms with Gasteiger partial charge in [-0.1, -0.05) is 66.2 Å². The molecule has 0 saturated heterocycles. The smallest absolute Gasteiger partial charge is 0.194 e. The van der Waals surface area contributed by atoms with Crippen molar-refractivity contribution in [2.45, 2.75) is 17.8 Å². The van der Waals surface area contributed by atoms with E-state index in [2.05, 4.69) is 0 Å². The second-order valence-electron chi connectivity index (χ2n) is 5.32. The van der Waals surface area contributed by atoms with Gasteiger partial charge in [0, 0.05) is 0 Å². The van der Waals surface area contributed by atoms with E-state index in [1.807, 2.05) is 0 Å². The standard InChI is InChI=1S/C17H9ClF6/c18-14-13(15(19,20)17(23,24)16(14,21)22)12-9-5-4-8-11(12)10-6-2-1-3-7-10/h1-9H. The van der Waals surface area contributed by atoms with Crippen LogP contribution in [0, 0.1) is 0 Å². The maximum atomic E-state index is 14.1. The van der Waals surface area contributed by atoms with Gasteiger partial charge in [-0.2, -0.15) is 26.3 Å². The number of hydrogen-bond acceptors (Lipinski definition) is 0. The van der Waals surface area contributed by atoms with Crippen molar-refractivity contribution in [3.05, 3.63) is 65.2 Å². The molecule has 0 aliphatic heterocycles. The first-order valence-corrected chi connectivity index (χ1v) is 7.19. The molecule has 1 aliphatic carbocycles. The summed E-state index contributed by atoms with van der Waals surface area (Å²) in [5.74, 6) is -15.8. The molecule has 126 valence electrons. The minimum Gasteiger partial charge on any atom is -0.194 e. The lowest BCUT2D eigenvalue weighted by molar-refractivity contribution is -0.258. The Morgan fingerprint density at radius 2 is 1.12 bits per heavy atom. The quantitative estimate of drug-likeness (QED) is 0.556. The molecule has 0 N–H and O–H groups in total. The summed E-state index contributed by atoms with van der Waals surface area (Å²) >= 11 is 5.30. The molecule has 0 saturated carbocycles. The highest BCUT2D eigenvalue weighted by atomic mass is 35.5. The average molecular weight is 363 g/mol. The Labute approximate surface area is 138 Å². The molecule has 0 fully saturated rings. The minimum absolute atomic E-state index is 0.111. The van der Waals surface area contributed by atoms with E-state index in [9.17, 15) is 26.3 Å². The zero-order chi connectivity index (χ0) is 17.8. The Balaban J connectivity index is 2.30. The Morgan fingerprint density at radius 3 is 1.62 bits per heavy atom. The summed E-state index contributed by atoms with van der Waals surface area (Å²) in [5.41, 5.74) is -1.46. The molecule has 7 heteroatoms. The molecule has 2 aromatic rings. The maximum Gasteiger partial charge on any atom is 0.381 e. The average Bonchev–Trinajstić information content (AvgIpc) is 2.64. The van der Waals surface area contributed by atoms with Crippen LogP contribution in [0.3, 0.4) is 0 Å². The molecule has 1 aliphatic rings. The van der Waals surface area contributed by atoms with E-state index in [-0.39, 0.29) is 5.56 Å². The third-order valence-corrected chi connectivity index (χ3v) is 4.31. The summed E-state index contributed by atoms with van der Waals surface area (Å²) in [6, 6.07) is 13.2. The number of benzene rings is 2. The van der Waals surface area contributed by atoms with Crippen LogP contribution >= 0.6 is 11.6 Å². The van der Waals surface area contributed by atoms with E-state index in [0.717, 1.165) is 6.07 Å². The Morgan fingerprint density at radius 1 is 0.625 bits per heavy atom. The fourth-order valence-electron chi connectivity index (χ4n) is 2.64. The van der Waals surface area contributed by atoms with Gasteiger partial charge in [-0.25, -0.2) is 0 Å². The summed E-state index contributed by atoms with van der Waals surface area (Å²) in [6.45, 7) is 0. The van der Waals surface area contributed by atoms with Crippen molar-refractivity contribution in [1.29, 1.82) is 0 Å². The van der Waals surface area contributed by atoms with Gasteiger partial charge in [-0.05, 0) is 16.7 Å². The van der Waals surface area contributed by atoms with Crippen LogP contribution in [0.1, 0.15) is 5.56 Å². The number of alkyl halides is 6. The van der Waals surface area contributed by atoms with Gasteiger partial charge in [0.15, 0.2) is 0 Å². The molecule has 2 aromatic carbocycles. The predicted molar refractivity (Wildman–Crippen MR) is 79.5 cm³/mol. The third-order valence-electron chi connectivity index (χ3n) is 3.88. The van der Waals surface area contributed by atoms with E-state index >= 15 is 0 Å². The molecular formula is C17H9ClF6. The highest BCUT2D eigenvalue weighted by Gasteiger charge is 2.80. The van der Waals surface area contributed by atoms with Crippen LogP contribution in [0.25, 0.3) is 16.7 Å². The van der Waals surface area contributed by atoms with Crippen molar-refractivity contribution >= 4 is 17.2 Å². The second kappa shape index (κ2) is 5.28. The number of rotatable bonds is 2. The summed E-state index contributed by atoms with van der Waals surface area (Å²) in [5, 5.41) is -1.83. The second-order valence-corrected chi connectivity index (χ2v) is 5.70. The highest BCUT2D eigenvalue weighted by molar-refractivity contribution is 6.35. The van der Waals surface area contributed by atoms with Crippen molar-refractivity contribution in [3.8, 4) is 11.1 Å². The van der Waals surface area contributed by atoms with E-state index in [0.29, 0.717) is 5.56 Å².